The third-order valence-corrected chi connectivity index (χ3v) is 11.6. The van der Waals surface area contributed by atoms with Gasteiger partial charge >= 0.3 is 12.2 Å². The summed E-state index contributed by atoms with van der Waals surface area (Å²) in [5.74, 6) is 2.03. The van der Waals surface area contributed by atoms with Crippen LogP contribution >= 0.6 is 0 Å². The molecular weight excluding hydrogens is 688 g/mol. The molecule has 4 amide bonds. The average Bonchev–Trinajstić information content (AvgIpc) is 4.02. The van der Waals surface area contributed by atoms with Crippen molar-refractivity contribution in [3.05, 3.63) is 59.6 Å². The van der Waals surface area contributed by atoms with Crippen LogP contribution < -0.4 is 10.6 Å². The van der Waals surface area contributed by atoms with Gasteiger partial charge in [-0.25, -0.2) is 19.6 Å². The third kappa shape index (κ3) is 8.42. The molecule has 1 aromatic carbocycles. The van der Waals surface area contributed by atoms with Crippen molar-refractivity contribution in [1.29, 1.82) is 0 Å². The summed E-state index contributed by atoms with van der Waals surface area (Å²) in [4.78, 5) is 71.2. The Morgan fingerprint density at radius 1 is 0.685 bits per heavy atom. The Balaban J connectivity index is 1.04. The molecule has 6 rings (SSSR count). The number of ether oxygens (including phenoxy) is 2. The first-order chi connectivity index (χ1) is 26.0. The lowest BCUT2D eigenvalue weighted by molar-refractivity contribution is -0.136. The fraction of sp³-hybridized carbons (Fsp3) is 0.600. The molecule has 0 bridgehead atoms. The maximum Gasteiger partial charge on any atom is 0.407 e. The zero-order valence-electron chi connectivity index (χ0n) is 32.4. The second kappa shape index (κ2) is 17.1. The van der Waals surface area contributed by atoms with Gasteiger partial charge in [0.1, 0.15) is 23.7 Å². The van der Waals surface area contributed by atoms with Crippen LogP contribution in [-0.2, 0) is 19.1 Å². The molecule has 2 saturated heterocycles. The van der Waals surface area contributed by atoms with Gasteiger partial charge in [0.05, 0.1) is 38.2 Å². The molecule has 4 heterocycles. The van der Waals surface area contributed by atoms with Gasteiger partial charge in [-0.3, -0.25) is 9.59 Å². The van der Waals surface area contributed by atoms with E-state index in [1.54, 1.807) is 0 Å². The summed E-state index contributed by atoms with van der Waals surface area (Å²) >= 11 is 0. The molecule has 3 aliphatic rings. The Morgan fingerprint density at radius 3 is 1.67 bits per heavy atom. The Morgan fingerprint density at radius 2 is 1.17 bits per heavy atom. The molecule has 2 aromatic heterocycles. The van der Waals surface area contributed by atoms with Crippen molar-refractivity contribution in [1.82, 2.24) is 40.4 Å². The van der Waals surface area contributed by atoms with E-state index in [9.17, 15) is 19.2 Å². The van der Waals surface area contributed by atoms with Gasteiger partial charge in [0.25, 0.3) is 0 Å². The number of carbonyl (C=O) groups is 4. The second-order valence-electron chi connectivity index (χ2n) is 15.7. The number of likely N-dealkylation sites (tertiary alicyclic amines) is 2. The van der Waals surface area contributed by atoms with E-state index in [1.807, 2.05) is 49.9 Å². The number of hydrogen-bond acceptors (Lipinski definition) is 8. The number of methoxy groups -OCH3 is 2. The lowest BCUT2D eigenvalue weighted by Crippen LogP contribution is -2.51. The highest BCUT2D eigenvalue weighted by Crippen LogP contribution is 2.41. The summed E-state index contributed by atoms with van der Waals surface area (Å²) < 4.78 is 9.53. The van der Waals surface area contributed by atoms with Gasteiger partial charge in [0.2, 0.25) is 11.8 Å². The summed E-state index contributed by atoms with van der Waals surface area (Å²) in [6.07, 6.45) is 10.2. The van der Waals surface area contributed by atoms with Crippen molar-refractivity contribution in [3.63, 3.8) is 0 Å². The number of benzene rings is 1. The van der Waals surface area contributed by atoms with Gasteiger partial charge in [0, 0.05) is 30.9 Å². The van der Waals surface area contributed by atoms with Crippen LogP contribution in [0.3, 0.4) is 0 Å². The van der Waals surface area contributed by atoms with Crippen molar-refractivity contribution < 1.29 is 28.7 Å². The van der Waals surface area contributed by atoms with E-state index in [4.69, 9.17) is 19.4 Å². The summed E-state index contributed by atoms with van der Waals surface area (Å²) in [7, 11) is 2.60. The quantitative estimate of drug-likeness (QED) is 0.176. The van der Waals surface area contributed by atoms with Gasteiger partial charge in [-0.05, 0) is 80.2 Å². The number of nitrogens with one attached hydrogen (secondary N) is 4. The summed E-state index contributed by atoms with van der Waals surface area (Å²) in [5.41, 5.74) is 4.40. The molecule has 3 fully saturated rings. The van der Waals surface area contributed by atoms with E-state index in [0.29, 0.717) is 24.9 Å². The number of hydrogen-bond donors (Lipinski definition) is 4. The van der Waals surface area contributed by atoms with Crippen molar-refractivity contribution in [2.24, 2.45) is 11.8 Å². The third-order valence-electron chi connectivity index (χ3n) is 11.6. The molecule has 292 valence electrons. The van der Waals surface area contributed by atoms with Gasteiger partial charge in [-0.1, -0.05) is 52.0 Å². The number of H-pyrrole nitrogens is 2. The highest BCUT2D eigenvalue weighted by Gasteiger charge is 2.39. The SMILES string of the molecule is COC(=O)N[C@H](C(=O)N1CCC[C@H]1c1ncc(-c2ccc(C3CCC(c4cnc([C@@H]5CCCN5C(=O)[C@@H](NC(=O)OC)C(C)C)[nH]4)CC3)cc2)[nH]1)C(C)C. The summed E-state index contributed by atoms with van der Waals surface area (Å²) in [5, 5.41) is 5.42. The van der Waals surface area contributed by atoms with Crippen molar-refractivity contribution in [2.45, 2.75) is 115 Å². The predicted octanol–water partition coefficient (Wildman–Crippen LogP) is 6.33. The van der Waals surface area contributed by atoms with Crippen molar-refractivity contribution in [2.75, 3.05) is 27.3 Å². The highest BCUT2D eigenvalue weighted by molar-refractivity contribution is 5.87. The Hall–Kier alpha value is -4.88. The zero-order valence-corrected chi connectivity index (χ0v) is 32.4. The molecule has 54 heavy (non-hydrogen) atoms. The Bertz CT molecular complexity index is 1760. The first-order valence-corrected chi connectivity index (χ1v) is 19.5. The molecule has 0 unspecified atom stereocenters. The van der Waals surface area contributed by atoms with Crippen LogP contribution in [0.1, 0.15) is 126 Å². The van der Waals surface area contributed by atoms with E-state index in [-0.39, 0.29) is 35.7 Å². The summed E-state index contributed by atoms with van der Waals surface area (Å²) in [6, 6.07) is 7.08. The van der Waals surface area contributed by atoms with E-state index < -0.39 is 24.3 Å². The molecule has 14 heteroatoms. The minimum Gasteiger partial charge on any atom is -0.453 e. The van der Waals surface area contributed by atoms with E-state index in [1.165, 1.54) is 19.8 Å². The van der Waals surface area contributed by atoms with Gasteiger partial charge in [0.15, 0.2) is 0 Å². The molecule has 1 saturated carbocycles. The molecule has 1 aliphatic carbocycles. The highest BCUT2D eigenvalue weighted by atomic mass is 16.5. The summed E-state index contributed by atoms with van der Waals surface area (Å²) in [6.45, 7) is 8.90. The number of aromatic amines is 2. The number of nitrogens with zero attached hydrogens (tertiary/aromatic N) is 4. The van der Waals surface area contributed by atoms with Crippen LogP contribution in [-0.4, -0.2) is 93.1 Å². The lowest BCUT2D eigenvalue weighted by Gasteiger charge is -2.30. The van der Waals surface area contributed by atoms with Crippen molar-refractivity contribution >= 4 is 24.0 Å². The van der Waals surface area contributed by atoms with Crippen LogP contribution in [0.5, 0.6) is 0 Å². The minimum atomic E-state index is -0.672. The molecule has 4 N–H and O–H groups in total. The fourth-order valence-electron chi connectivity index (χ4n) is 8.44. The number of aromatic nitrogens is 4. The van der Waals surface area contributed by atoms with E-state index in [0.717, 1.165) is 80.0 Å². The van der Waals surface area contributed by atoms with Crippen LogP contribution in [0.2, 0.25) is 0 Å². The molecule has 0 spiro atoms. The topological polar surface area (TPSA) is 175 Å². The molecule has 4 atom stereocenters. The van der Waals surface area contributed by atoms with Crippen LogP contribution in [0, 0.1) is 11.8 Å². The second-order valence-corrected chi connectivity index (χ2v) is 15.7. The maximum absolute atomic E-state index is 13.5. The molecule has 0 radical (unpaired) electrons. The minimum absolute atomic E-state index is 0.0794. The monoisotopic (exact) mass is 744 g/mol. The van der Waals surface area contributed by atoms with Crippen molar-refractivity contribution in [3.8, 4) is 11.3 Å². The van der Waals surface area contributed by atoms with Crippen LogP contribution in [0.4, 0.5) is 9.59 Å². The van der Waals surface area contributed by atoms with E-state index in [2.05, 4.69) is 44.9 Å². The maximum atomic E-state index is 13.5. The van der Waals surface area contributed by atoms with Gasteiger partial charge in [-0.15, -0.1) is 0 Å². The molecular formula is C40H56N8O6. The largest absolute Gasteiger partial charge is 0.453 e. The average molecular weight is 745 g/mol. The molecule has 14 nitrogen and oxygen atoms in total. The Kier molecular flexibility index (Phi) is 12.3. The molecule has 2 aliphatic heterocycles. The number of rotatable bonds is 11. The molecule has 3 aromatic rings. The standard InChI is InChI=1S/C40H56N8O6/c1-23(2)33(45-39(51)53-5)37(49)47-19-7-9-31(47)35-41-21-29(43-35)27-15-11-25(12-16-27)26-13-17-28(18-14-26)30-22-42-36(44-30)32-10-8-20-48(32)38(50)34(24(3)4)46-40(52)54-6/h11-12,15-16,21-24,26,28,31-34H,7-10,13-14,17-20H2,1-6H3,(H,41,43)(H,42,44)(H,45,51)(H,46,52)/t26?,28?,31-,32-,33-,34-/m0/s1. The number of imidazole rings is 2. The zero-order chi connectivity index (χ0) is 38.5. The fourth-order valence-corrected chi connectivity index (χ4v) is 8.44. The first-order valence-electron chi connectivity index (χ1n) is 19.5. The number of amides is 4. The van der Waals surface area contributed by atoms with Crippen LogP contribution in [0.25, 0.3) is 11.3 Å². The first kappa shape index (κ1) is 38.8. The van der Waals surface area contributed by atoms with Crippen LogP contribution in [0.15, 0.2) is 36.7 Å². The lowest BCUT2D eigenvalue weighted by atomic mass is 9.77. The number of carbonyl (C=O) groups excluding carboxylic acids is 4. The van der Waals surface area contributed by atoms with Gasteiger partial charge in [-0.2, -0.15) is 0 Å². The van der Waals surface area contributed by atoms with E-state index >= 15 is 0 Å². The van der Waals surface area contributed by atoms with Gasteiger partial charge < -0.3 is 39.9 Å². The Labute approximate surface area is 317 Å². The predicted molar refractivity (Wildman–Crippen MR) is 202 cm³/mol. The smallest absolute Gasteiger partial charge is 0.407 e. The number of alkyl carbamates (subject to hydrolysis) is 2. The normalized spacial score (nSPS) is 22.7.